The third kappa shape index (κ3) is 4.20. The largest absolute Gasteiger partial charge is 0.310 e. The molecule has 1 N–H and O–H groups in total. The molecular weight excluding hydrogens is 324 g/mol. The lowest BCUT2D eigenvalue weighted by atomic mass is 9.96. The van der Waals surface area contributed by atoms with Crippen LogP contribution in [0, 0.1) is 12.5 Å². The number of aromatic nitrogens is 1. The molecule has 2 aromatic rings. The quantitative estimate of drug-likeness (QED) is 0.819. The number of benzene rings is 1. The Bertz CT molecular complexity index is 818. The average Bonchev–Trinajstić information content (AvgIpc) is 2.66. The number of likely N-dealkylation sites (tertiary alicyclic amines) is 1. The van der Waals surface area contributed by atoms with Gasteiger partial charge in [-0.1, -0.05) is 19.1 Å². The Morgan fingerprint density at radius 3 is 2.81 bits per heavy atom. The zero-order chi connectivity index (χ0) is 18.5. The van der Waals surface area contributed by atoms with Crippen LogP contribution in [0.3, 0.4) is 0 Å². The molecule has 1 aromatic heterocycles. The van der Waals surface area contributed by atoms with Gasteiger partial charge in [0.25, 0.3) is 0 Å². The molecule has 1 saturated heterocycles. The maximum absolute atomic E-state index is 12.5. The molecule has 5 nitrogen and oxygen atoms in total. The number of amides is 1. The van der Waals surface area contributed by atoms with E-state index >= 15 is 0 Å². The minimum Gasteiger partial charge on any atom is -0.310 e. The van der Waals surface area contributed by atoms with Crippen molar-refractivity contribution in [2.45, 2.75) is 38.6 Å². The van der Waals surface area contributed by atoms with E-state index in [-0.39, 0.29) is 17.9 Å². The van der Waals surface area contributed by atoms with E-state index in [4.69, 9.17) is 6.57 Å². The molecule has 0 bridgehead atoms. The summed E-state index contributed by atoms with van der Waals surface area (Å²) >= 11 is 0. The van der Waals surface area contributed by atoms with Crippen molar-refractivity contribution in [1.29, 1.82) is 0 Å². The van der Waals surface area contributed by atoms with Crippen LogP contribution in [0.1, 0.15) is 44.2 Å². The summed E-state index contributed by atoms with van der Waals surface area (Å²) in [6.45, 7) is 11.4. The highest BCUT2D eigenvalue weighted by Crippen LogP contribution is 2.27. The Morgan fingerprint density at radius 2 is 2.12 bits per heavy atom. The maximum atomic E-state index is 12.5. The Morgan fingerprint density at radius 1 is 1.35 bits per heavy atom. The van der Waals surface area contributed by atoms with E-state index < -0.39 is 0 Å². The SMILES string of the molecule is [C-]#[N+]C(CCC)c1ccc2cnc(NC(=O)C3CCN(C)CC3)cc2c1. The van der Waals surface area contributed by atoms with Gasteiger partial charge in [-0.25, -0.2) is 11.6 Å². The second-order valence-electron chi connectivity index (χ2n) is 7.18. The summed E-state index contributed by atoms with van der Waals surface area (Å²) in [6.07, 6.45) is 5.42. The summed E-state index contributed by atoms with van der Waals surface area (Å²) in [5.74, 6) is 0.714. The van der Waals surface area contributed by atoms with Gasteiger partial charge in [-0.3, -0.25) is 4.79 Å². The van der Waals surface area contributed by atoms with Gasteiger partial charge in [-0.15, -0.1) is 0 Å². The van der Waals surface area contributed by atoms with Crippen molar-refractivity contribution < 1.29 is 4.79 Å². The van der Waals surface area contributed by atoms with Crippen molar-refractivity contribution >= 4 is 22.5 Å². The van der Waals surface area contributed by atoms with Crippen molar-refractivity contribution in [2.24, 2.45) is 5.92 Å². The van der Waals surface area contributed by atoms with Crippen LogP contribution in [0.15, 0.2) is 30.5 Å². The molecule has 1 aromatic carbocycles. The number of piperidine rings is 1. The zero-order valence-corrected chi connectivity index (χ0v) is 15.5. The van der Waals surface area contributed by atoms with Crippen molar-refractivity contribution in [2.75, 3.05) is 25.5 Å². The van der Waals surface area contributed by atoms with E-state index in [0.29, 0.717) is 5.82 Å². The number of carbonyl (C=O) groups is 1. The number of pyridine rings is 1. The van der Waals surface area contributed by atoms with Gasteiger partial charge in [0.15, 0.2) is 0 Å². The third-order valence-electron chi connectivity index (χ3n) is 5.19. The van der Waals surface area contributed by atoms with Gasteiger partial charge in [0, 0.05) is 29.5 Å². The summed E-state index contributed by atoms with van der Waals surface area (Å²) in [4.78, 5) is 22.9. The highest BCUT2D eigenvalue weighted by molar-refractivity contribution is 5.94. The number of anilines is 1. The molecule has 0 saturated carbocycles. The van der Waals surface area contributed by atoms with Gasteiger partial charge in [-0.2, -0.15) is 0 Å². The van der Waals surface area contributed by atoms with Crippen LogP contribution in [0.5, 0.6) is 0 Å². The highest BCUT2D eigenvalue weighted by Gasteiger charge is 2.23. The number of rotatable bonds is 5. The number of nitrogens with one attached hydrogen (secondary N) is 1. The zero-order valence-electron chi connectivity index (χ0n) is 15.5. The Hall–Kier alpha value is -2.45. The van der Waals surface area contributed by atoms with E-state index in [1.807, 2.05) is 18.2 Å². The Labute approximate surface area is 155 Å². The lowest BCUT2D eigenvalue weighted by Gasteiger charge is -2.27. The van der Waals surface area contributed by atoms with Crippen molar-refractivity contribution in [3.63, 3.8) is 0 Å². The predicted octanol–water partition coefficient (Wildman–Crippen LogP) is 4.28. The van der Waals surface area contributed by atoms with Crippen molar-refractivity contribution in [3.8, 4) is 0 Å². The van der Waals surface area contributed by atoms with Crippen molar-refractivity contribution in [3.05, 3.63) is 47.4 Å². The first-order valence-corrected chi connectivity index (χ1v) is 9.36. The minimum atomic E-state index is -0.102. The van der Waals surface area contributed by atoms with Gasteiger partial charge in [0.1, 0.15) is 5.82 Å². The fourth-order valence-corrected chi connectivity index (χ4v) is 3.51. The lowest BCUT2D eigenvalue weighted by molar-refractivity contribution is -0.121. The molecule has 1 fully saturated rings. The lowest BCUT2D eigenvalue weighted by Crippen LogP contribution is -2.36. The molecule has 1 aliphatic heterocycles. The van der Waals surface area contributed by atoms with Crippen LogP contribution in [0.4, 0.5) is 5.82 Å². The second-order valence-corrected chi connectivity index (χ2v) is 7.18. The topological polar surface area (TPSA) is 49.6 Å². The normalized spacial score (nSPS) is 17.0. The summed E-state index contributed by atoms with van der Waals surface area (Å²) in [5.41, 5.74) is 1.04. The fraction of sp³-hybridized carbons (Fsp3) is 0.476. The van der Waals surface area contributed by atoms with Crippen molar-refractivity contribution in [1.82, 2.24) is 9.88 Å². The third-order valence-corrected chi connectivity index (χ3v) is 5.19. The standard InChI is InChI=1S/C21H26N4O/c1-4-5-19(22-2)16-6-7-17-14-23-20(13-18(17)12-16)24-21(26)15-8-10-25(3)11-9-15/h6-7,12-15,19H,4-5,8-11H2,1,3H3,(H,23,24,26). The number of carbonyl (C=O) groups excluding carboxylic acids is 1. The van der Waals surface area contributed by atoms with Gasteiger partial charge in [-0.05, 0) is 56.9 Å². The molecule has 1 aliphatic rings. The monoisotopic (exact) mass is 350 g/mol. The maximum Gasteiger partial charge on any atom is 0.248 e. The van der Waals surface area contributed by atoms with Crippen LogP contribution in [0.25, 0.3) is 15.6 Å². The van der Waals surface area contributed by atoms with Crippen LogP contribution < -0.4 is 5.32 Å². The van der Waals surface area contributed by atoms with E-state index in [1.54, 1.807) is 6.20 Å². The van der Waals surface area contributed by atoms with Crippen LogP contribution in [0.2, 0.25) is 0 Å². The average molecular weight is 350 g/mol. The first kappa shape index (κ1) is 18.3. The van der Waals surface area contributed by atoms with E-state index in [2.05, 4.69) is 40.1 Å². The number of fused-ring (bicyclic) bond motifs is 1. The summed E-state index contributed by atoms with van der Waals surface area (Å²) in [5, 5.41) is 5.01. The summed E-state index contributed by atoms with van der Waals surface area (Å²) < 4.78 is 0. The van der Waals surface area contributed by atoms with Gasteiger partial charge >= 0.3 is 0 Å². The molecule has 2 heterocycles. The molecule has 0 aliphatic carbocycles. The second kappa shape index (κ2) is 8.29. The van der Waals surface area contributed by atoms with Crippen LogP contribution in [-0.2, 0) is 4.79 Å². The Balaban J connectivity index is 1.77. The summed E-state index contributed by atoms with van der Waals surface area (Å²) in [7, 11) is 2.09. The molecule has 136 valence electrons. The molecule has 0 spiro atoms. The first-order chi connectivity index (χ1) is 12.6. The van der Waals surface area contributed by atoms with Crippen LogP contribution in [-0.4, -0.2) is 35.9 Å². The summed E-state index contributed by atoms with van der Waals surface area (Å²) in [6, 6.07) is 7.89. The number of hydrogen-bond donors (Lipinski definition) is 1. The Kier molecular flexibility index (Phi) is 5.85. The predicted molar refractivity (Wildman–Crippen MR) is 105 cm³/mol. The van der Waals surface area contributed by atoms with Gasteiger partial charge in [0.05, 0.1) is 0 Å². The van der Waals surface area contributed by atoms with Gasteiger partial charge < -0.3 is 15.1 Å². The van der Waals surface area contributed by atoms with E-state index in [1.165, 1.54) is 0 Å². The van der Waals surface area contributed by atoms with Gasteiger partial charge in [0.2, 0.25) is 11.9 Å². The van der Waals surface area contributed by atoms with E-state index in [9.17, 15) is 4.79 Å². The highest BCUT2D eigenvalue weighted by atomic mass is 16.1. The molecule has 1 atom stereocenters. The van der Waals surface area contributed by atoms with E-state index in [0.717, 1.165) is 55.1 Å². The minimum absolute atomic E-state index is 0.0612. The molecule has 0 radical (unpaired) electrons. The molecule has 3 rings (SSSR count). The number of hydrogen-bond acceptors (Lipinski definition) is 3. The molecule has 26 heavy (non-hydrogen) atoms. The molecule has 1 amide bonds. The molecule has 5 heteroatoms. The molecular formula is C21H26N4O. The smallest absolute Gasteiger partial charge is 0.248 e. The van der Waals surface area contributed by atoms with Crippen LogP contribution >= 0.6 is 0 Å². The fourth-order valence-electron chi connectivity index (χ4n) is 3.51. The molecule has 1 unspecified atom stereocenters. The number of nitrogens with zero attached hydrogens (tertiary/aromatic N) is 3. The first-order valence-electron chi connectivity index (χ1n) is 9.36.